The van der Waals surface area contributed by atoms with Gasteiger partial charge in [0.25, 0.3) is 0 Å². The average molecular weight is 339 g/mol. The van der Waals surface area contributed by atoms with Gasteiger partial charge in [-0.3, -0.25) is 4.79 Å². The lowest BCUT2D eigenvalue weighted by Gasteiger charge is -2.04. The first-order valence-electron chi connectivity index (χ1n) is 8.02. The van der Waals surface area contributed by atoms with Crippen molar-refractivity contribution in [2.75, 3.05) is 19.0 Å². The van der Waals surface area contributed by atoms with Crippen LogP contribution in [-0.2, 0) is 9.53 Å². The number of ether oxygens (including phenoxy) is 2. The number of carbonyl (C=O) groups excluding carboxylic acids is 2. The standard InChI is InChI=1S/C20H21NO4/c1-3-14-25-18-11-4-15(5-12-18)6-13-19(22)21-17-9-7-16(8-10-17)20(23)24-2/h4-13H,3,14H2,1-2H3,(H,21,22)/b13-6+. The van der Waals surface area contributed by atoms with Gasteiger partial charge in [-0.05, 0) is 54.5 Å². The molecule has 0 radical (unpaired) electrons. The maximum Gasteiger partial charge on any atom is 0.337 e. The van der Waals surface area contributed by atoms with Crippen LogP contribution in [0.1, 0.15) is 29.3 Å². The lowest BCUT2D eigenvalue weighted by molar-refractivity contribution is -0.111. The first-order chi connectivity index (χ1) is 12.1. The summed E-state index contributed by atoms with van der Waals surface area (Å²) in [6.45, 7) is 2.74. The fourth-order valence-electron chi connectivity index (χ4n) is 2.06. The molecule has 0 spiro atoms. The van der Waals surface area contributed by atoms with Gasteiger partial charge in [0, 0.05) is 11.8 Å². The largest absolute Gasteiger partial charge is 0.494 e. The van der Waals surface area contributed by atoms with Gasteiger partial charge in [0.05, 0.1) is 19.3 Å². The van der Waals surface area contributed by atoms with E-state index in [-0.39, 0.29) is 5.91 Å². The van der Waals surface area contributed by atoms with E-state index in [4.69, 9.17) is 4.74 Å². The topological polar surface area (TPSA) is 64.6 Å². The minimum atomic E-state index is -0.413. The molecule has 0 heterocycles. The van der Waals surface area contributed by atoms with Crippen molar-refractivity contribution in [1.82, 2.24) is 0 Å². The van der Waals surface area contributed by atoms with E-state index in [9.17, 15) is 9.59 Å². The Morgan fingerprint density at radius 2 is 1.72 bits per heavy atom. The molecule has 0 aliphatic carbocycles. The van der Waals surface area contributed by atoms with Crippen LogP contribution in [0.25, 0.3) is 6.08 Å². The molecule has 0 atom stereocenters. The van der Waals surface area contributed by atoms with Crippen LogP contribution in [0.3, 0.4) is 0 Å². The smallest absolute Gasteiger partial charge is 0.337 e. The van der Waals surface area contributed by atoms with E-state index < -0.39 is 5.97 Å². The van der Waals surface area contributed by atoms with Crippen LogP contribution < -0.4 is 10.1 Å². The third-order valence-electron chi connectivity index (χ3n) is 3.35. The van der Waals surface area contributed by atoms with E-state index in [1.807, 2.05) is 24.3 Å². The fourth-order valence-corrected chi connectivity index (χ4v) is 2.06. The zero-order valence-corrected chi connectivity index (χ0v) is 14.3. The first kappa shape index (κ1) is 18.3. The van der Waals surface area contributed by atoms with Gasteiger partial charge in [-0.25, -0.2) is 4.79 Å². The van der Waals surface area contributed by atoms with Crippen LogP contribution in [-0.4, -0.2) is 25.6 Å². The molecule has 0 aliphatic rings. The number of benzene rings is 2. The van der Waals surface area contributed by atoms with Gasteiger partial charge in [-0.15, -0.1) is 0 Å². The maximum atomic E-state index is 12.0. The quantitative estimate of drug-likeness (QED) is 0.613. The van der Waals surface area contributed by atoms with Crippen LogP contribution in [0.5, 0.6) is 5.75 Å². The zero-order valence-electron chi connectivity index (χ0n) is 14.3. The summed E-state index contributed by atoms with van der Waals surface area (Å²) in [5.74, 6) is 0.149. The summed E-state index contributed by atoms with van der Waals surface area (Å²) in [6, 6.07) is 14.0. The number of carbonyl (C=O) groups is 2. The first-order valence-corrected chi connectivity index (χ1v) is 8.02. The summed E-state index contributed by atoms with van der Waals surface area (Å²) in [5, 5.41) is 2.73. The van der Waals surface area contributed by atoms with Crippen molar-refractivity contribution in [3.05, 3.63) is 65.7 Å². The summed E-state index contributed by atoms with van der Waals surface area (Å²) in [5.41, 5.74) is 1.94. The van der Waals surface area contributed by atoms with Gasteiger partial charge in [-0.1, -0.05) is 19.1 Å². The highest BCUT2D eigenvalue weighted by Crippen LogP contribution is 2.14. The molecule has 2 aromatic carbocycles. The van der Waals surface area contributed by atoms with Crippen LogP contribution in [0.4, 0.5) is 5.69 Å². The van der Waals surface area contributed by atoms with Crippen molar-refractivity contribution in [2.45, 2.75) is 13.3 Å². The average Bonchev–Trinajstić information content (AvgIpc) is 2.65. The number of nitrogens with one attached hydrogen (secondary N) is 1. The maximum absolute atomic E-state index is 12.0. The van der Waals surface area contributed by atoms with Gasteiger partial charge in [0.2, 0.25) is 5.91 Å². The molecule has 130 valence electrons. The lowest BCUT2D eigenvalue weighted by atomic mass is 10.2. The lowest BCUT2D eigenvalue weighted by Crippen LogP contribution is -2.08. The number of esters is 1. The molecule has 1 amide bonds. The third kappa shape index (κ3) is 5.80. The molecule has 2 aromatic rings. The fraction of sp³-hybridized carbons (Fsp3) is 0.200. The van der Waals surface area contributed by atoms with E-state index in [2.05, 4.69) is 17.0 Å². The molecule has 2 rings (SSSR count). The molecule has 0 fully saturated rings. The Kier molecular flexibility index (Phi) is 6.77. The van der Waals surface area contributed by atoms with Crippen LogP contribution in [0.2, 0.25) is 0 Å². The van der Waals surface area contributed by atoms with Gasteiger partial charge in [-0.2, -0.15) is 0 Å². The molecule has 0 bridgehead atoms. The molecule has 0 aliphatic heterocycles. The van der Waals surface area contributed by atoms with Gasteiger partial charge < -0.3 is 14.8 Å². The predicted octanol–water partition coefficient (Wildman–Crippen LogP) is 3.91. The van der Waals surface area contributed by atoms with Crippen molar-refractivity contribution in [2.24, 2.45) is 0 Å². The molecular formula is C20H21NO4. The van der Waals surface area contributed by atoms with Crippen molar-refractivity contribution in [3.63, 3.8) is 0 Å². The van der Waals surface area contributed by atoms with Crippen molar-refractivity contribution < 1.29 is 19.1 Å². The highest BCUT2D eigenvalue weighted by Gasteiger charge is 2.05. The Morgan fingerprint density at radius 1 is 1.04 bits per heavy atom. The van der Waals surface area contributed by atoms with E-state index in [0.717, 1.165) is 17.7 Å². The summed E-state index contributed by atoms with van der Waals surface area (Å²) < 4.78 is 10.1. The molecule has 25 heavy (non-hydrogen) atoms. The summed E-state index contributed by atoms with van der Waals surface area (Å²) in [7, 11) is 1.32. The van der Waals surface area contributed by atoms with E-state index in [1.165, 1.54) is 13.2 Å². The minimum absolute atomic E-state index is 0.253. The Labute approximate surface area is 147 Å². The Hall–Kier alpha value is -3.08. The number of rotatable bonds is 7. The van der Waals surface area contributed by atoms with E-state index >= 15 is 0 Å². The van der Waals surface area contributed by atoms with Gasteiger partial charge in [0.15, 0.2) is 0 Å². The Balaban J connectivity index is 1.90. The normalized spacial score (nSPS) is 10.5. The summed E-state index contributed by atoms with van der Waals surface area (Å²) in [4.78, 5) is 23.3. The van der Waals surface area contributed by atoms with Crippen molar-refractivity contribution >= 4 is 23.6 Å². The molecule has 5 nitrogen and oxygen atoms in total. The van der Waals surface area contributed by atoms with Crippen molar-refractivity contribution in [3.8, 4) is 5.75 Å². The summed E-state index contributed by atoms with van der Waals surface area (Å²) >= 11 is 0. The highest BCUT2D eigenvalue weighted by molar-refractivity contribution is 6.02. The van der Waals surface area contributed by atoms with Crippen molar-refractivity contribution in [1.29, 1.82) is 0 Å². The second-order valence-corrected chi connectivity index (χ2v) is 5.31. The molecule has 1 N–H and O–H groups in total. The number of methoxy groups -OCH3 is 1. The van der Waals surface area contributed by atoms with Crippen LogP contribution >= 0.6 is 0 Å². The minimum Gasteiger partial charge on any atom is -0.494 e. The zero-order chi connectivity index (χ0) is 18.1. The summed E-state index contributed by atoms with van der Waals surface area (Å²) in [6.07, 6.45) is 4.14. The number of anilines is 1. The van der Waals surface area contributed by atoms with Crippen LogP contribution in [0, 0.1) is 0 Å². The second kappa shape index (κ2) is 9.27. The Morgan fingerprint density at radius 3 is 2.32 bits per heavy atom. The highest BCUT2D eigenvalue weighted by atomic mass is 16.5. The number of hydrogen-bond acceptors (Lipinski definition) is 4. The number of hydrogen-bond donors (Lipinski definition) is 1. The molecule has 0 saturated heterocycles. The molecular weight excluding hydrogens is 318 g/mol. The molecule has 0 aromatic heterocycles. The third-order valence-corrected chi connectivity index (χ3v) is 3.35. The Bertz CT molecular complexity index is 733. The number of amides is 1. The molecule has 5 heteroatoms. The molecule has 0 saturated carbocycles. The van der Waals surface area contributed by atoms with E-state index in [0.29, 0.717) is 17.9 Å². The second-order valence-electron chi connectivity index (χ2n) is 5.31. The monoisotopic (exact) mass is 339 g/mol. The SMILES string of the molecule is CCCOc1ccc(/C=C/C(=O)Nc2ccc(C(=O)OC)cc2)cc1. The van der Waals surface area contributed by atoms with Gasteiger partial charge >= 0.3 is 5.97 Å². The van der Waals surface area contributed by atoms with E-state index in [1.54, 1.807) is 30.3 Å². The predicted molar refractivity (Wildman–Crippen MR) is 97.7 cm³/mol. The molecule has 0 unspecified atom stereocenters. The van der Waals surface area contributed by atoms with Crippen LogP contribution in [0.15, 0.2) is 54.6 Å². The van der Waals surface area contributed by atoms with Gasteiger partial charge in [0.1, 0.15) is 5.75 Å².